The second-order valence-corrected chi connectivity index (χ2v) is 4.85. The lowest BCUT2D eigenvalue weighted by molar-refractivity contribution is 0.296. The van der Waals surface area contributed by atoms with Crippen LogP contribution in [0, 0.1) is 11.3 Å². The lowest BCUT2D eigenvalue weighted by Gasteiger charge is -2.15. The van der Waals surface area contributed by atoms with Gasteiger partial charge in [-0.05, 0) is 40.2 Å². The van der Waals surface area contributed by atoms with Crippen molar-refractivity contribution in [2.24, 2.45) is 0 Å². The summed E-state index contributed by atoms with van der Waals surface area (Å²) in [5, 5.41) is 12.3. The first kappa shape index (κ1) is 13.2. The molecule has 0 saturated carbocycles. The van der Waals surface area contributed by atoms with E-state index in [1.165, 1.54) is 0 Å². The van der Waals surface area contributed by atoms with Crippen LogP contribution in [-0.4, -0.2) is 19.8 Å². The predicted molar refractivity (Wildman–Crippen MR) is 71.8 cm³/mol. The molecule has 1 aromatic carbocycles. The molecule has 2 rings (SSSR count). The maximum atomic E-state index is 9.16. The minimum absolute atomic E-state index is 0.330. The number of hydrogen-bond donors (Lipinski definition) is 1. The molecular weight excluding hydrogens is 296 g/mol. The molecule has 1 aliphatic heterocycles. The number of halogens is 1. The molecule has 0 bridgehead atoms. The Bertz CT molecular complexity index is 471. The van der Waals surface area contributed by atoms with Crippen LogP contribution in [0.15, 0.2) is 16.6 Å². The molecule has 5 heteroatoms. The molecule has 0 radical (unpaired) electrons. The highest BCUT2D eigenvalue weighted by Crippen LogP contribution is 2.39. The van der Waals surface area contributed by atoms with Gasteiger partial charge in [0.15, 0.2) is 11.5 Å². The van der Waals surface area contributed by atoms with Crippen LogP contribution in [0.3, 0.4) is 0 Å². The SMILES string of the molecule is CCNC(C#N)c1cc(Br)c2c(c1)OCCCO2. The number of nitriles is 1. The van der Waals surface area contributed by atoms with Gasteiger partial charge in [-0.3, -0.25) is 5.32 Å². The van der Waals surface area contributed by atoms with Gasteiger partial charge in [-0.1, -0.05) is 6.92 Å². The smallest absolute Gasteiger partial charge is 0.175 e. The van der Waals surface area contributed by atoms with Crippen molar-refractivity contribution in [3.63, 3.8) is 0 Å². The molecule has 0 spiro atoms. The van der Waals surface area contributed by atoms with Crippen LogP contribution in [0.4, 0.5) is 0 Å². The maximum absolute atomic E-state index is 9.16. The third-order valence-corrected chi connectivity index (χ3v) is 3.28. The van der Waals surface area contributed by atoms with Crippen molar-refractivity contribution in [2.45, 2.75) is 19.4 Å². The van der Waals surface area contributed by atoms with E-state index in [-0.39, 0.29) is 6.04 Å². The van der Waals surface area contributed by atoms with Gasteiger partial charge in [0.1, 0.15) is 6.04 Å². The lowest BCUT2D eigenvalue weighted by atomic mass is 10.1. The number of ether oxygens (including phenoxy) is 2. The first-order valence-corrected chi connectivity index (χ1v) is 6.77. The zero-order chi connectivity index (χ0) is 13.0. The molecule has 96 valence electrons. The quantitative estimate of drug-likeness (QED) is 0.932. The summed E-state index contributed by atoms with van der Waals surface area (Å²) in [4.78, 5) is 0. The standard InChI is InChI=1S/C13H15BrN2O2/c1-2-16-11(8-15)9-6-10(14)13-12(7-9)17-4-3-5-18-13/h6-7,11,16H,2-5H2,1H3. The molecule has 0 aliphatic carbocycles. The van der Waals surface area contributed by atoms with E-state index in [1.54, 1.807) is 0 Å². The van der Waals surface area contributed by atoms with Crippen molar-refractivity contribution in [2.75, 3.05) is 19.8 Å². The monoisotopic (exact) mass is 310 g/mol. The summed E-state index contributed by atoms with van der Waals surface area (Å²) < 4.78 is 12.1. The van der Waals surface area contributed by atoms with Gasteiger partial charge in [0.05, 0.1) is 23.8 Å². The third-order valence-electron chi connectivity index (χ3n) is 2.70. The van der Waals surface area contributed by atoms with Crippen molar-refractivity contribution in [1.82, 2.24) is 5.32 Å². The molecule has 0 amide bonds. The van der Waals surface area contributed by atoms with Crippen LogP contribution in [0.5, 0.6) is 11.5 Å². The number of rotatable bonds is 3. The predicted octanol–water partition coefficient (Wildman–Crippen LogP) is 2.78. The summed E-state index contributed by atoms with van der Waals surface area (Å²) in [6, 6.07) is 5.69. The van der Waals surface area contributed by atoms with Crippen LogP contribution < -0.4 is 14.8 Å². The Morgan fingerprint density at radius 3 is 2.94 bits per heavy atom. The van der Waals surface area contributed by atoms with Crippen molar-refractivity contribution >= 4 is 15.9 Å². The Hall–Kier alpha value is -1.25. The third kappa shape index (κ3) is 2.77. The Balaban J connectivity index is 2.37. The molecule has 0 aromatic heterocycles. The molecule has 0 saturated heterocycles. The van der Waals surface area contributed by atoms with Gasteiger partial charge in [0, 0.05) is 6.42 Å². The summed E-state index contributed by atoms with van der Waals surface area (Å²) in [5.41, 5.74) is 0.885. The van der Waals surface area contributed by atoms with Gasteiger partial charge in [-0.2, -0.15) is 5.26 Å². The van der Waals surface area contributed by atoms with Gasteiger partial charge < -0.3 is 9.47 Å². The number of fused-ring (bicyclic) bond motifs is 1. The van der Waals surface area contributed by atoms with Crippen molar-refractivity contribution in [1.29, 1.82) is 5.26 Å². The number of benzene rings is 1. The van der Waals surface area contributed by atoms with Crippen molar-refractivity contribution < 1.29 is 9.47 Å². The molecule has 1 N–H and O–H groups in total. The molecule has 1 heterocycles. The first-order chi connectivity index (χ1) is 8.76. The van der Waals surface area contributed by atoms with E-state index in [9.17, 15) is 0 Å². The largest absolute Gasteiger partial charge is 0.490 e. The summed E-state index contributed by atoms with van der Waals surface area (Å²) in [6.07, 6.45) is 0.866. The van der Waals surface area contributed by atoms with Crippen LogP contribution in [0.2, 0.25) is 0 Å². The summed E-state index contributed by atoms with van der Waals surface area (Å²) in [6.45, 7) is 4.01. The number of nitrogens with one attached hydrogen (secondary N) is 1. The number of nitrogens with zero attached hydrogens (tertiary/aromatic N) is 1. The Labute approximate surface area is 115 Å². The molecule has 1 atom stereocenters. The Morgan fingerprint density at radius 1 is 1.44 bits per heavy atom. The minimum atomic E-state index is -0.330. The Morgan fingerprint density at radius 2 is 2.22 bits per heavy atom. The zero-order valence-corrected chi connectivity index (χ0v) is 11.8. The van der Waals surface area contributed by atoms with E-state index < -0.39 is 0 Å². The van der Waals surface area contributed by atoms with Gasteiger partial charge in [0.2, 0.25) is 0 Å². The van der Waals surface area contributed by atoms with Crippen LogP contribution in [-0.2, 0) is 0 Å². The highest BCUT2D eigenvalue weighted by atomic mass is 79.9. The Kier molecular flexibility index (Phi) is 4.45. The van der Waals surface area contributed by atoms with Gasteiger partial charge in [-0.25, -0.2) is 0 Å². The molecule has 1 unspecified atom stereocenters. The molecular formula is C13H15BrN2O2. The van der Waals surface area contributed by atoms with E-state index in [0.29, 0.717) is 19.0 Å². The van der Waals surface area contributed by atoms with E-state index in [4.69, 9.17) is 14.7 Å². The minimum Gasteiger partial charge on any atom is -0.490 e. The molecule has 1 aromatic rings. The van der Waals surface area contributed by atoms with E-state index in [0.717, 1.165) is 28.8 Å². The molecule has 0 fully saturated rings. The topological polar surface area (TPSA) is 54.3 Å². The van der Waals surface area contributed by atoms with E-state index in [2.05, 4.69) is 27.3 Å². The summed E-state index contributed by atoms with van der Waals surface area (Å²) >= 11 is 3.47. The molecule has 1 aliphatic rings. The van der Waals surface area contributed by atoms with Gasteiger partial charge in [-0.15, -0.1) is 0 Å². The zero-order valence-electron chi connectivity index (χ0n) is 10.2. The second-order valence-electron chi connectivity index (χ2n) is 4.00. The fourth-order valence-corrected chi connectivity index (χ4v) is 2.43. The van der Waals surface area contributed by atoms with Crippen molar-refractivity contribution in [3.8, 4) is 17.6 Å². The fraction of sp³-hybridized carbons (Fsp3) is 0.462. The average molecular weight is 311 g/mol. The molecule has 4 nitrogen and oxygen atoms in total. The second kappa shape index (κ2) is 6.07. The normalized spacial score (nSPS) is 15.6. The highest BCUT2D eigenvalue weighted by Gasteiger charge is 2.18. The maximum Gasteiger partial charge on any atom is 0.175 e. The molecule has 18 heavy (non-hydrogen) atoms. The van der Waals surface area contributed by atoms with Gasteiger partial charge in [0.25, 0.3) is 0 Å². The first-order valence-electron chi connectivity index (χ1n) is 5.98. The average Bonchev–Trinajstić information content (AvgIpc) is 2.61. The lowest BCUT2D eigenvalue weighted by Crippen LogP contribution is -2.19. The highest BCUT2D eigenvalue weighted by molar-refractivity contribution is 9.10. The summed E-state index contributed by atoms with van der Waals surface area (Å²) in [5.74, 6) is 1.43. The number of hydrogen-bond acceptors (Lipinski definition) is 4. The van der Waals surface area contributed by atoms with Crippen molar-refractivity contribution in [3.05, 3.63) is 22.2 Å². The van der Waals surface area contributed by atoms with Crippen LogP contribution >= 0.6 is 15.9 Å². The summed E-state index contributed by atoms with van der Waals surface area (Å²) in [7, 11) is 0. The van der Waals surface area contributed by atoms with E-state index in [1.807, 2.05) is 19.1 Å². The van der Waals surface area contributed by atoms with Crippen LogP contribution in [0.25, 0.3) is 0 Å². The van der Waals surface area contributed by atoms with E-state index >= 15 is 0 Å². The van der Waals surface area contributed by atoms with Crippen LogP contribution in [0.1, 0.15) is 24.9 Å². The van der Waals surface area contributed by atoms with Gasteiger partial charge >= 0.3 is 0 Å². The fourth-order valence-electron chi connectivity index (χ4n) is 1.86.